The van der Waals surface area contributed by atoms with E-state index >= 15 is 0 Å². The van der Waals surface area contributed by atoms with E-state index in [-0.39, 0.29) is 11.5 Å². The van der Waals surface area contributed by atoms with Crippen LogP contribution < -0.4 is 10.5 Å². The Hall–Kier alpha value is -2.21. The standard InChI is InChI=1S/C12H12ClN3O3/c1-18-7-3-4-8(13)9(5-7)16-6-15-10(11(16)14)12(17)19-2/h3-6H,14H2,1-2H3. The molecule has 19 heavy (non-hydrogen) atoms. The average molecular weight is 282 g/mol. The summed E-state index contributed by atoms with van der Waals surface area (Å²) in [6.45, 7) is 0. The van der Waals surface area contributed by atoms with Gasteiger partial charge in [0.05, 0.1) is 24.9 Å². The highest BCUT2D eigenvalue weighted by Crippen LogP contribution is 2.28. The van der Waals surface area contributed by atoms with Crippen LogP contribution in [0, 0.1) is 0 Å². The molecule has 0 bridgehead atoms. The minimum Gasteiger partial charge on any atom is -0.497 e. The molecule has 2 rings (SSSR count). The fourth-order valence-electron chi connectivity index (χ4n) is 1.61. The Kier molecular flexibility index (Phi) is 3.62. The first-order valence-corrected chi connectivity index (χ1v) is 5.71. The van der Waals surface area contributed by atoms with Crippen LogP contribution in [0.15, 0.2) is 24.5 Å². The maximum atomic E-state index is 11.5. The van der Waals surface area contributed by atoms with E-state index in [1.165, 1.54) is 18.0 Å². The molecular weight excluding hydrogens is 270 g/mol. The molecule has 1 heterocycles. The minimum atomic E-state index is -0.602. The van der Waals surface area contributed by atoms with E-state index in [1.807, 2.05) is 0 Å². The second-order valence-electron chi connectivity index (χ2n) is 3.66. The van der Waals surface area contributed by atoms with Crippen LogP contribution in [-0.2, 0) is 4.74 Å². The Labute approximate surface area is 114 Å². The third-order valence-electron chi connectivity index (χ3n) is 2.60. The number of methoxy groups -OCH3 is 2. The van der Waals surface area contributed by atoms with Crippen LogP contribution in [0.3, 0.4) is 0 Å². The first-order valence-electron chi connectivity index (χ1n) is 5.33. The molecule has 0 radical (unpaired) electrons. The van der Waals surface area contributed by atoms with Gasteiger partial charge >= 0.3 is 5.97 Å². The maximum Gasteiger partial charge on any atom is 0.360 e. The van der Waals surface area contributed by atoms with Gasteiger partial charge in [0.15, 0.2) is 5.69 Å². The molecule has 6 nitrogen and oxygen atoms in total. The summed E-state index contributed by atoms with van der Waals surface area (Å²) in [5.41, 5.74) is 6.49. The van der Waals surface area contributed by atoms with E-state index < -0.39 is 5.97 Å². The summed E-state index contributed by atoms with van der Waals surface area (Å²) in [5, 5.41) is 0.460. The Morgan fingerprint density at radius 2 is 2.16 bits per heavy atom. The van der Waals surface area contributed by atoms with Crippen molar-refractivity contribution in [2.75, 3.05) is 20.0 Å². The van der Waals surface area contributed by atoms with Crippen molar-refractivity contribution < 1.29 is 14.3 Å². The van der Waals surface area contributed by atoms with Gasteiger partial charge < -0.3 is 15.2 Å². The van der Waals surface area contributed by atoms with Crippen LogP contribution in [0.4, 0.5) is 5.82 Å². The van der Waals surface area contributed by atoms with Gasteiger partial charge in [0.2, 0.25) is 0 Å². The zero-order chi connectivity index (χ0) is 14.0. The molecule has 0 spiro atoms. The quantitative estimate of drug-likeness (QED) is 0.869. The number of halogens is 1. The van der Waals surface area contributed by atoms with Crippen LogP contribution >= 0.6 is 11.6 Å². The predicted molar refractivity (Wildman–Crippen MR) is 70.9 cm³/mol. The Morgan fingerprint density at radius 3 is 2.79 bits per heavy atom. The van der Waals surface area contributed by atoms with Gasteiger partial charge in [-0.3, -0.25) is 4.57 Å². The van der Waals surface area contributed by atoms with E-state index in [9.17, 15) is 4.79 Å². The lowest BCUT2D eigenvalue weighted by Gasteiger charge is -2.09. The SMILES string of the molecule is COC(=O)c1ncn(-c2cc(OC)ccc2Cl)c1N. The number of hydrogen-bond donors (Lipinski definition) is 1. The summed E-state index contributed by atoms with van der Waals surface area (Å²) in [5.74, 6) is 0.171. The predicted octanol–water partition coefficient (Wildman–Crippen LogP) is 1.90. The van der Waals surface area contributed by atoms with E-state index in [0.717, 1.165) is 0 Å². The molecule has 1 aromatic heterocycles. The van der Waals surface area contributed by atoms with Crippen molar-refractivity contribution in [1.29, 1.82) is 0 Å². The topological polar surface area (TPSA) is 79.4 Å². The van der Waals surface area contributed by atoms with Crippen LogP contribution in [0.25, 0.3) is 5.69 Å². The summed E-state index contributed by atoms with van der Waals surface area (Å²) in [6, 6.07) is 5.09. The highest BCUT2D eigenvalue weighted by Gasteiger charge is 2.18. The molecule has 0 aliphatic carbocycles. The number of ether oxygens (including phenoxy) is 2. The molecule has 0 unspecified atom stereocenters. The summed E-state index contributed by atoms with van der Waals surface area (Å²) in [7, 11) is 2.81. The van der Waals surface area contributed by atoms with Crippen LogP contribution in [0.5, 0.6) is 5.75 Å². The highest BCUT2D eigenvalue weighted by molar-refractivity contribution is 6.32. The number of rotatable bonds is 3. The van der Waals surface area contributed by atoms with Crippen LogP contribution in [-0.4, -0.2) is 29.7 Å². The second-order valence-corrected chi connectivity index (χ2v) is 4.06. The first kappa shape index (κ1) is 13.2. The van der Waals surface area contributed by atoms with Gasteiger partial charge in [0, 0.05) is 6.07 Å². The zero-order valence-electron chi connectivity index (χ0n) is 10.4. The van der Waals surface area contributed by atoms with E-state index in [2.05, 4.69) is 9.72 Å². The lowest BCUT2D eigenvalue weighted by molar-refractivity contribution is 0.0596. The molecular formula is C12H12ClN3O3. The lowest BCUT2D eigenvalue weighted by atomic mass is 10.3. The second kappa shape index (κ2) is 5.19. The van der Waals surface area contributed by atoms with E-state index in [1.54, 1.807) is 25.3 Å². The Morgan fingerprint density at radius 1 is 1.42 bits per heavy atom. The molecule has 0 aliphatic rings. The number of nitrogen functional groups attached to an aromatic ring is 1. The molecule has 0 aliphatic heterocycles. The maximum absolute atomic E-state index is 11.5. The van der Waals surface area contributed by atoms with Gasteiger partial charge in [0.25, 0.3) is 0 Å². The Bertz CT molecular complexity index is 625. The molecule has 0 saturated carbocycles. The lowest BCUT2D eigenvalue weighted by Crippen LogP contribution is -2.07. The zero-order valence-corrected chi connectivity index (χ0v) is 11.1. The molecule has 1 aromatic carbocycles. The Balaban J connectivity index is 2.53. The number of carbonyl (C=O) groups excluding carboxylic acids is 1. The highest BCUT2D eigenvalue weighted by atomic mass is 35.5. The van der Waals surface area contributed by atoms with Crippen molar-refractivity contribution >= 4 is 23.4 Å². The van der Waals surface area contributed by atoms with Crippen molar-refractivity contribution in [3.8, 4) is 11.4 Å². The molecule has 2 aromatic rings. The van der Waals surface area contributed by atoms with Gasteiger partial charge in [-0.05, 0) is 12.1 Å². The van der Waals surface area contributed by atoms with Crippen molar-refractivity contribution in [3.05, 3.63) is 35.2 Å². The van der Waals surface area contributed by atoms with Crippen molar-refractivity contribution in [2.24, 2.45) is 0 Å². The normalized spacial score (nSPS) is 10.3. The third-order valence-corrected chi connectivity index (χ3v) is 2.92. The van der Waals surface area contributed by atoms with Crippen LogP contribution in [0.1, 0.15) is 10.5 Å². The number of nitrogens with zero attached hydrogens (tertiary/aromatic N) is 2. The number of aromatic nitrogens is 2. The van der Waals surface area contributed by atoms with Crippen molar-refractivity contribution in [1.82, 2.24) is 9.55 Å². The summed E-state index contributed by atoms with van der Waals surface area (Å²) < 4.78 is 11.2. The van der Waals surface area contributed by atoms with Gasteiger partial charge in [-0.15, -0.1) is 0 Å². The molecule has 0 atom stereocenters. The number of anilines is 1. The number of benzene rings is 1. The number of carbonyl (C=O) groups is 1. The molecule has 0 saturated heterocycles. The number of imidazole rings is 1. The first-order chi connectivity index (χ1) is 9.08. The smallest absolute Gasteiger partial charge is 0.360 e. The fourth-order valence-corrected chi connectivity index (χ4v) is 1.82. The van der Waals surface area contributed by atoms with Gasteiger partial charge in [-0.25, -0.2) is 9.78 Å². The summed E-state index contributed by atoms with van der Waals surface area (Å²) in [4.78, 5) is 15.4. The van der Waals surface area contributed by atoms with Crippen LogP contribution in [0.2, 0.25) is 5.02 Å². The molecule has 100 valence electrons. The number of hydrogen-bond acceptors (Lipinski definition) is 5. The van der Waals surface area contributed by atoms with Gasteiger partial charge in [0.1, 0.15) is 17.9 Å². The average Bonchev–Trinajstić information content (AvgIpc) is 2.80. The fraction of sp³-hybridized carbons (Fsp3) is 0.167. The van der Waals surface area contributed by atoms with E-state index in [4.69, 9.17) is 22.1 Å². The largest absolute Gasteiger partial charge is 0.497 e. The molecule has 0 amide bonds. The molecule has 2 N–H and O–H groups in total. The number of nitrogens with two attached hydrogens (primary N) is 1. The summed E-state index contributed by atoms with van der Waals surface area (Å²) >= 11 is 6.11. The summed E-state index contributed by atoms with van der Waals surface area (Å²) in [6.07, 6.45) is 1.40. The minimum absolute atomic E-state index is 0.0430. The van der Waals surface area contributed by atoms with Gasteiger partial charge in [-0.1, -0.05) is 11.6 Å². The number of esters is 1. The third kappa shape index (κ3) is 2.34. The molecule has 7 heteroatoms. The van der Waals surface area contributed by atoms with Gasteiger partial charge in [-0.2, -0.15) is 0 Å². The van der Waals surface area contributed by atoms with E-state index in [0.29, 0.717) is 16.5 Å². The van der Waals surface area contributed by atoms with Crippen molar-refractivity contribution in [2.45, 2.75) is 0 Å². The monoisotopic (exact) mass is 281 g/mol. The van der Waals surface area contributed by atoms with Crippen molar-refractivity contribution in [3.63, 3.8) is 0 Å². The molecule has 0 fully saturated rings.